The molecule has 1 N–H and O–H groups in total. The van der Waals surface area contributed by atoms with Gasteiger partial charge in [0.25, 0.3) is 0 Å². The lowest BCUT2D eigenvalue weighted by Gasteiger charge is -2.49. The molecule has 662 valence electrons. The van der Waals surface area contributed by atoms with E-state index in [2.05, 4.69) is 6.58 Å². The molecule has 3 fully saturated rings. The SMILES string of the molecule is C=CCCCCCCCCO[C@H]1O[C@H](COC(=O)c2ccccc2)[C@@H](O[C@@H]2O[C@H](COP(=O)(O)O[C@H]3O[C@H](COC(=O)c4ccccc4)[C@@H](OC(=O)c4ccccc4)[C@H](OC(=O)c4ccccc4)[C@@H]3OC(=O)c3ccccc3)[C@H](OC(=O)c3ccccc3)[C@H](OC(=O)c3ccccc3)[C@H]2OC(=O)c2ccccc2)C(OC(=O)c2ccccc2)C1OC(=O)c1ccccc1. The van der Waals surface area contributed by atoms with Crippen LogP contribution in [0.3, 0.4) is 0 Å². The molecule has 0 spiro atoms. The van der Waals surface area contributed by atoms with Crippen LogP contribution in [-0.2, 0) is 84.7 Å². The number of benzene rings is 10. The van der Waals surface area contributed by atoms with Crippen molar-refractivity contribution in [2.75, 3.05) is 26.4 Å². The van der Waals surface area contributed by atoms with E-state index in [-0.39, 0.29) is 62.2 Å². The molecule has 3 unspecified atom stereocenters. The summed E-state index contributed by atoms with van der Waals surface area (Å²) in [7, 11) is -6.16. The summed E-state index contributed by atoms with van der Waals surface area (Å²) in [4.78, 5) is 161. The Hall–Kier alpha value is -13.5. The van der Waals surface area contributed by atoms with Crippen LogP contribution in [0.5, 0.6) is 0 Å². The first-order valence-electron chi connectivity index (χ1n) is 41.4. The number of phosphoric ester groups is 1. The molecular weight excluding hydrogens is 1670 g/mol. The molecule has 29 nitrogen and oxygen atoms in total. The molecule has 0 saturated carbocycles. The second-order valence-electron chi connectivity index (χ2n) is 29.5. The second kappa shape index (κ2) is 46.1. The highest BCUT2D eigenvalue weighted by molar-refractivity contribution is 7.47. The van der Waals surface area contributed by atoms with Crippen molar-refractivity contribution in [3.8, 4) is 0 Å². The standard InChI is InChI=1S/C98H91O29P/c1-2-3-4-5-6-7-8-39-60-111-96-83(123-93(106)71-54-33-16-34-55-71)82(122-92(105)70-52-31-15-32-53-70)79(75(115-96)62-113-87(100)65-42-21-10-22-43-65)126-97-84(124-94(107)72-56-35-17-36-57-72)80(120-90(103)68-48-27-13-28-49-68)78(119-89(102)67-46-25-12-26-47-67)76(116-97)63-114-128(109,110)127-98-85(125-95(108)73-58-37-18-38-59-73)81(121-91(104)69-50-29-14-30-51-69)77(118-88(101)66-44-23-11-24-45-66)74(117-98)61-112-86(99)64-40-19-9-20-41-64/h2,9-38,40-59,74-85,96-98H,1,3-8,39,60-63H2,(H,109,110)/t74-,75-,76-,77-,78+,79-,80+,81+,82?,83?,84-,85+,96+,97+,98-/m1/s1. The molecule has 3 heterocycles. The third-order valence-corrected chi connectivity index (χ3v) is 21.5. The first kappa shape index (κ1) is 92.2. The molecule has 3 saturated heterocycles. The van der Waals surface area contributed by atoms with Gasteiger partial charge in [-0.25, -0.2) is 52.5 Å². The molecule has 0 aromatic heterocycles. The fourth-order valence-electron chi connectivity index (χ4n) is 14.1. The Labute approximate surface area is 736 Å². The Bertz CT molecular complexity index is 5360. The first-order valence-corrected chi connectivity index (χ1v) is 42.9. The molecule has 10 aromatic rings. The molecule has 0 bridgehead atoms. The lowest BCUT2D eigenvalue weighted by Crippen LogP contribution is -2.67. The Morgan fingerprint density at radius 3 is 0.836 bits per heavy atom. The zero-order chi connectivity index (χ0) is 89.6. The van der Waals surface area contributed by atoms with Crippen LogP contribution < -0.4 is 0 Å². The molecule has 3 aliphatic heterocycles. The maximum absolute atomic E-state index is 15.8. The number of carbonyl (C=O) groups excluding carboxylic acids is 10. The van der Waals surface area contributed by atoms with Gasteiger partial charge in [0.1, 0.15) is 37.6 Å². The molecule has 0 radical (unpaired) electrons. The number of hydrogen-bond acceptors (Lipinski definition) is 28. The van der Waals surface area contributed by atoms with Gasteiger partial charge in [0.2, 0.25) is 6.29 Å². The van der Waals surface area contributed by atoms with Crippen molar-refractivity contribution in [2.45, 2.75) is 137 Å². The predicted octanol–water partition coefficient (Wildman–Crippen LogP) is 15.1. The number of carbonyl (C=O) groups is 10. The summed E-state index contributed by atoms with van der Waals surface area (Å²) < 4.78 is 125. The molecular formula is C98H91O29P. The van der Waals surface area contributed by atoms with E-state index in [1.807, 2.05) is 6.08 Å². The zero-order valence-corrected chi connectivity index (χ0v) is 69.8. The van der Waals surface area contributed by atoms with Gasteiger partial charge in [-0.3, -0.25) is 9.05 Å². The van der Waals surface area contributed by atoms with E-state index in [1.54, 1.807) is 109 Å². The fourth-order valence-corrected chi connectivity index (χ4v) is 15.0. The minimum atomic E-state index is -6.16. The molecule has 0 amide bonds. The Balaban J connectivity index is 0.945. The van der Waals surface area contributed by atoms with Crippen LogP contribution in [0.4, 0.5) is 0 Å². The van der Waals surface area contributed by atoms with Crippen molar-refractivity contribution < 1.29 is 138 Å². The molecule has 13 rings (SSSR count). The normalized spacial score (nSPS) is 22.2. The number of ether oxygens (including phenoxy) is 15. The summed E-state index contributed by atoms with van der Waals surface area (Å²) in [5, 5.41) is 0. The highest BCUT2D eigenvalue weighted by atomic mass is 31.2. The van der Waals surface area contributed by atoms with Crippen LogP contribution in [-0.4, -0.2) is 183 Å². The van der Waals surface area contributed by atoms with E-state index in [0.717, 1.165) is 32.1 Å². The minimum absolute atomic E-state index is 0.00865. The molecule has 30 heteroatoms. The van der Waals surface area contributed by atoms with Gasteiger partial charge in [0.15, 0.2) is 61.4 Å². The molecule has 128 heavy (non-hydrogen) atoms. The van der Waals surface area contributed by atoms with Gasteiger partial charge in [0.05, 0.1) is 62.2 Å². The fraction of sp³-hybridized carbons (Fsp3) is 0.265. The number of rotatable bonds is 39. The number of phosphoric acid groups is 1. The number of esters is 10. The van der Waals surface area contributed by atoms with Crippen LogP contribution in [0, 0.1) is 0 Å². The van der Waals surface area contributed by atoms with Gasteiger partial charge in [0, 0.05) is 6.61 Å². The second-order valence-corrected chi connectivity index (χ2v) is 30.9. The van der Waals surface area contributed by atoms with Crippen molar-refractivity contribution in [1.82, 2.24) is 0 Å². The highest BCUT2D eigenvalue weighted by Crippen LogP contribution is 2.49. The maximum atomic E-state index is 15.8. The largest absolute Gasteiger partial charge is 0.474 e. The van der Waals surface area contributed by atoms with Gasteiger partial charge in [-0.05, 0) is 141 Å². The number of unbranched alkanes of at least 4 members (excludes halogenated alkanes) is 6. The van der Waals surface area contributed by atoms with E-state index < -0.39 is 179 Å². The smallest absolute Gasteiger partial charge is 0.459 e. The van der Waals surface area contributed by atoms with Crippen LogP contribution >= 0.6 is 7.82 Å². The van der Waals surface area contributed by atoms with Crippen molar-refractivity contribution >= 4 is 67.5 Å². The zero-order valence-electron chi connectivity index (χ0n) is 68.9. The quantitative estimate of drug-likeness (QED) is 0.0123. The molecule has 3 aliphatic rings. The summed E-state index contributed by atoms with van der Waals surface area (Å²) >= 11 is 0. The Kier molecular flexibility index (Phi) is 33.2. The molecule has 16 atom stereocenters. The highest BCUT2D eigenvalue weighted by Gasteiger charge is 2.60. The van der Waals surface area contributed by atoms with E-state index in [9.17, 15) is 33.7 Å². The van der Waals surface area contributed by atoms with Crippen molar-refractivity contribution in [3.63, 3.8) is 0 Å². The van der Waals surface area contributed by atoms with Crippen molar-refractivity contribution in [2.24, 2.45) is 0 Å². The average molecular weight is 1760 g/mol. The van der Waals surface area contributed by atoms with Gasteiger partial charge in [-0.15, -0.1) is 6.58 Å². The summed E-state index contributed by atoms with van der Waals surface area (Å²) in [6.07, 6.45) is -24.6. The summed E-state index contributed by atoms with van der Waals surface area (Å²) in [6.45, 7) is 0.578. The molecule has 10 aromatic carbocycles. The molecule has 0 aliphatic carbocycles. The number of allylic oxidation sites excluding steroid dienone is 1. The van der Waals surface area contributed by atoms with Gasteiger partial charge in [-0.1, -0.05) is 214 Å². The third kappa shape index (κ3) is 25.5. The third-order valence-electron chi connectivity index (χ3n) is 20.6. The van der Waals surface area contributed by atoms with Gasteiger partial charge >= 0.3 is 67.5 Å². The van der Waals surface area contributed by atoms with Gasteiger partial charge in [-0.2, -0.15) is 0 Å². The van der Waals surface area contributed by atoms with Crippen LogP contribution in [0.2, 0.25) is 0 Å². The first-order chi connectivity index (χ1) is 62.3. The number of hydrogen-bond donors (Lipinski definition) is 1. The minimum Gasteiger partial charge on any atom is -0.459 e. The Morgan fingerprint density at radius 1 is 0.281 bits per heavy atom. The summed E-state index contributed by atoms with van der Waals surface area (Å²) in [5.41, 5.74) is -0.781. The topological polar surface area (TPSA) is 365 Å². The summed E-state index contributed by atoms with van der Waals surface area (Å²) in [5.74, 6) is -11.0. The summed E-state index contributed by atoms with van der Waals surface area (Å²) in [6, 6.07) is 74.5. The lowest BCUT2D eigenvalue weighted by atomic mass is 9.95. The van der Waals surface area contributed by atoms with Crippen molar-refractivity contribution in [3.05, 3.63) is 372 Å². The van der Waals surface area contributed by atoms with Crippen LogP contribution in [0.1, 0.15) is 149 Å². The average Bonchev–Trinajstić information content (AvgIpc) is 1.04. The van der Waals surface area contributed by atoms with E-state index in [4.69, 9.17) is 80.1 Å². The van der Waals surface area contributed by atoms with Gasteiger partial charge < -0.3 is 75.9 Å². The van der Waals surface area contributed by atoms with E-state index in [0.29, 0.717) is 12.8 Å². The predicted molar refractivity (Wildman–Crippen MR) is 455 cm³/mol. The van der Waals surface area contributed by atoms with E-state index >= 15 is 23.7 Å². The van der Waals surface area contributed by atoms with Crippen LogP contribution in [0.25, 0.3) is 0 Å². The van der Waals surface area contributed by atoms with E-state index in [1.165, 1.54) is 194 Å². The Morgan fingerprint density at radius 2 is 0.516 bits per heavy atom. The maximum Gasteiger partial charge on any atom is 0.474 e. The lowest BCUT2D eigenvalue weighted by molar-refractivity contribution is -0.356. The monoisotopic (exact) mass is 1760 g/mol. The van der Waals surface area contributed by atoms with Crippen LogP contribution in [0.15, 0.2) is 316 Å². The van der Waals surface area contributed by atoms with Crippen molar-refractivity contribution in [1.29, 1.82) is 0 Å².